The maximum atomic E-state index is 11.7. The topological polar surface area (TPSA) is 69.0 Å². The van der Waals surface area contributed by atoms with Crippen LogP contribution in [0.25, 0.3) is 11.0 Å². The van der Waals surface area contributed by atoms with Gasteiger partial charge >= 0.3 is 6.09 Å². The lowest BCUT2D eigenvalue weighted by atomic mass is 10.2. The molecule has 3 aromatic rings. The van der Waals surface area contributed by atoms with E-state index in [4.69, 9.17) is 16.3 Å². The van der Waals surface area contributed by atoms with Gasteiger partial charge in [-0.15, -0.1) is 0 Å². The van der Waals surface area contributed by atoms with Crippen molar-refractivity contribution in [2.24, 2.45) is 0 Å². The van der Waals surface area contributed by atoms with E-state index in [1.54, 1.807) is 6.20 Å². The highest BCUT2D eigenvalue weighted by Crippen LogP contribution is 2.14. The number of carbonyl (C=O) groups is 1. The predicted molar refractivity (Wildman–Crippen MR) is 91.8 cm³/mol. The van der Waals surface area contributed by atoms with Crippen molar-refractivity contribution in [1.29, 1.82) is 0 Å². The number of hydrogen-bond donors (Lipinski definition) is 1. The summed E-state index contributed by atoms with van der Waals surface area (Å²) < 4.78 is 7.14. The van der Waals surface area contributed by atoms with Crippen molar-refractivity contribution in [1.82, 2.24) is 19.9 Å². The standard InChI is InChI=1S/C17H17ClN4O2/c18-16-20-11-14-7-10-22(15(14)21-16)9-4-8-19-17(23)24-12-13-5-2-1-3-6-13/h1-3,5-7,10-11H,4,8-9,12H2,(H,19,23). The first-order valence-corrected chi connectivity index (χ1v) is 8.02. The van der Waals surface area contributed by atoms with E-state index < -0.39 is 6.09 Å². The molecular weight excluding hydrogens is 328 g/mol. The number of nitrogens with zero attached hydrogens (tertiary/aromatic N) is 3. The van der Waals surface area contributed by atoms with Crippen LogP contribution in [0.2, 0.25) is 5.28 Å². The van der Waals surface area contributed by atoms with Crippen molar-refractivity contribution in [2.45, 2.75) is 19.6 Å². The fourth-order valence-electron chi connectivity index (χ4n) is 2.34. The van der Waals surface area contributed by atoms with Gasteiger partial charge in [0, 0.05) is 30.9 Å². The average Bonchev–Trinajstić information content (AvgIpc) is 3.00. The number of fused-ring (bicyclic) bond motifs is 1. The van der Waals surface area contributed by atoms with Crippen molar-refractivity contribution in [3.8, 4) is 0 Å². The van der Waals surface area contributed by atoms with Crippen LogP contribution in [0.15, 0.2) is 48.8 Å². The van der Waals surface area contributed by atoms with Crippen LogP contribution < -0.4 is 5.32 Å². The molecule has 24 heavy (non-hydrogen) atoms. The number of nitrogens with one attached hydrogen (secondary N) is 1. The Labute approximate surface area is 144 Å². The lowest BCUT2D eigenvalue weighted by Crippen LogP contribution is -2.25. The normalized spacial score (nSPS) is 10.7. The Morgan fingerprint density at radius 3 is 2.92 bits per heavy atom. The van der Waals surface area contributed by atoms with E-state index in [1.165, 1.54) is 0 Å². The average molecular weight is 345 g/mol. The van der Waals surface area contributed by atoms with Crippen molar-refractivity contribution in [3.63, 3.8) is 0 Å². The van der Waals surface area contributed by atoms with Crippen molar-refractivity contribution in [2.75, 3.05) is 6.54 Å². The Bertz CT molecular complexity index is 820. The molecule has 0 fully saturated rings. The second kappa shape index (κ2) is 7.79. The molecular formula is C17H17ClN4O2. The minimum Gasteiger partial charge on any atom is -0.445 e. The van der Waals surface area contributed by atoms with Gasteiger partial charge in [0.15, 0.2) is 0 Å². The van der Waals surface area contributed by atoms with E-state index >= 15 is 0 Å². The van der Waals surface area contributed by atoms with E-state index in [0.717, 1.165) is 29.6 Å². The van der Waals surface area contributed by atoms with Crippen LogP contribution in [0.1, 0.15) is 12.0 Å². The monoisotopic (exact) mass is 344 g/mol. The molecule has 6 nitrogen and oxygen atoms in total. The maximum Gasteiger partial charge on any atom is 0.407 e. The number of amides is 1. The zero-order chi connectivity index (χ0) is 16.8. The Hall–Kier alpha value is -2.60. The maximum absolute atomic E-state index is 11.7. The zero-order valence-electron chi connectivity index (χ0n) is 13.0. The summed E-state index contributed by atoms with van der Waals surface area (Å²) in [4.78, 5) is 19.8. The van der Waals surface area contributed by atoms with Gasteiger partial charge in [0.05, 0.1) is 0 Å². The van der Waals surface area contributed by atoms with E-state index in [0.29, 0.717) is 6.54 Å². The van der Waals surface area contributed by atoms with Gasteiger partial charge < -0.3 is 14.6 Å². The number of aromatic nitrogens is 3. The fourth-order valence-corrected chi connectivity index (χ4v) is 2.47. The highest BCUT2D eigenvalue weighted by Gasteiger charge is 2.05. The number of aryl methyl sites for hydroxylation is 1. The lowest BCUT2D eigenvalue weighted by Gasteiger charge is -2.08. The molecule has 0 saturated carbocycles. The third kappa shape index (κ3) is 4.23. The van der Waals surface area contributed by atoms with Gasteiger partial charge in [0.25, 0.3) is 0 Å². The summed E-state index contributed by atoms with van der Waals surface area (Å²) in [5.41, 5.74) is 1.75. The van der Waals surface area contributed by atoms with Gasteiger partial charge in [-0.1, -0.05) is 30.3 Å². The van der Waals surface area contributed by atoms with Crippen LogP contribution in [0.3, 0.4) is 0 Å². The van der Waals surface area contributed by atoms with Crippen LogP contribution in [-0.2, 0) is 17.9 Å². The van der Waals surface area contributed by atoms with Crippen LogP contribution in [0, 0.1) is 0 Å². The quantitative estimate of drug-likeness (QED) is 0.549. The van der Waals surface area contributed by atoms with E-state index in [9.17, 15) is 4.79 Å². The smallest absolute Gasteiger partial charge is 0.407 e. The first-order valence-electron chi connectivity index (χ1n) is 7.64. The van der Waals surface area contributed by atoms with Crippen molar-refractivity contribution >= 4 is 28.7 Å². The minimum atomic E-state index is -0.415. The second-order valence-corrected chi connectivity index (χ2v) is 5.61. The number of rotatable bonds is 6. The van der Waals surface area contributed by atoms with Crippen molar-refractivity contribution < 1.29 is 9.53 Å². The molecule has 2 heterocycles. The summed E-state index contributed by atoms with van der Waals surface area (Å²) in [7, 11) is 0. The molecule has 0 radical (unpaired) electrons. The van der Waals surface area contributed by atoms with Gasteiger partial charge in [-0.3, -0.25) is 0 Å². The lowest BCUT2D eigenvalue weighted by molar-refractivity contribution is 0.139. The van der Waals surface area contributed by atoms with E-state index in [2.05, 4.69) is 15.3 Å². The molecule has 0 bridgehead atoms. The minimum absolute atomic E-state index is 0.227. The SMILES string of the molecule is O=C(NCCCn1ccc2cnc(Cl)nc21)OCc1ccccc1. The molecule has 7 heteroatoms. The van der Waals surface area contributed by atoms with Crippen molar-refractivity contribution in [3.05, 3.63) is 59.6 Å². The van der Waals surface area contributed by atoms with Gasteiger partial charge in [0.2, 0.25) is 5.28 Å². The molecule has 1 amide bonds. The number of carbonyl (C=O) groups excluding carboxylic acids is 1. The van der Waals surface area contributed by atoms with Crippen LogP contribution >= 0.6 is 11.6 Å². The molecule has 124 valence electrons. The van der Waals surface area contributed by atoms with Gasteiger partial charge in [0.1, 0.15) is 12.3 Å². The molecule has 0 aliphatic rings. The summed E-state index contributed by atoms with van der Waals surface area (Å²) in [5, 5.41) is 3.91. The molecule has 0 aliphatic carbocycles. The first-order chi connectivity index (χ1) is 11.7. The van der Waals surface area contributed by atoms with Gasteiger partial charge in [-0.25, -0.2) is 9.78 Å². The second-order valence-electron chi connectivity index (χ2n) is 5.27. The summed E-state index contributed by atoms with van der Waals surface area (Å²) in [5.74, 6) is 0. The number of hydrogen-bond acceptors (Lipinski definition) is 4. The molecule has 0 aliphatic heterocycles. The number of benzene rings is 1. The first kappa shape index (κ1) is 16.3. The summed E-state index contributed by atoms with van der Waals surface area (Å²) >= 11 is 5.83. The summed E-state index contributed by atoms with van der Waals surface area (Å²) in [6.45, 7) is 1.51. The molecule has 0 saturated heterocycles. The van der Waals surface area contributed by atoms with Gasteiger partial charge in [-0.05, 0) is 29.7 Å². The molecule has 1 aromatic carbocycles. The molecule has 2 aromatic heterocycles. The highest BCUT2D eigenvalue weighted by molar-refractivity contribution is 6.28. The molecule has 1 N–H and O–H groups in total. The molecule has 0 spiro atoms. The Morgan fingerprint density at radius 2 is 2.08 bits per heavy atom. The third-order valence-electron chi connectivity index (χ3n) is 3.53. The predicted octanol–water partition coefficient (Wildman–Crippen LogP) is 3.40. The molecule has 0 unspecified atom stereocenters. The molecule has 0 atom stereocenters. The fraction of sp³-hybridized carbons (Fsp3) is 0.235. The number of alkyl carbamates (subject to hydrolysis) is 1. The van der Waals surface area contributed by atoms with Crippen LogP contribution in [0.5, 0.6) is 0 Å². The summed E-state index contributed by atoms with van der Waals surface area (Å²) in [6.07, 6.45) is 3.97. The van der Waals surface area contributed by atoms with Crippen LogP contribution in [0.4, 0.5) is 4.79 Å². The summed E-state index contributed by atoms with van der Waals surface area (Å²) in [6, 6.07) is 11.5. The number of ether oxygens (including phenoxy) is 1. The van der Waals surface area contributed by atoms with E-state index in [1.807, 2.05) is 47.2 Å². The Kier molecular flexibility index (Phi) is 5.28. The highest BCUT2D eigenvalue weighted by atomic mass is 35.5. The zero-order valence-corrected chi connectivity index (χ0v) is 13.7. The largest absolute Gasteiger partial charge is 0.445 e. The Balaban J connectivity index is 1.41. The third-order valence-corrected chi connectivity index (χ3v) is 3.71. The van der Waals surface area contributed by atoms with E-state index in [-0.39, 0.29) is 11.9 Å². The van der Waals surface area contributed by atoms with Crippen LogP contribution in [-0.4, -0.2) is 27.2 Å². The molecule has 3 rings (SSSR count). The van der Waals surface area contributed by atoms with Gasteiger partial charge in [-0.2, -0.15) is 4.98 Å². The Morgan fingerprint density at radius 1 is 1.25 bits per heavy atom. The number of halogens is 1.